The Bertz CT molecular complexity index is 827. The van der Waals surface area contributed by atoms with E-state index in [0.29, 0.717) is 45.0 Å². The van der Waals surface area contributed by atoms with Gasteiger partial charge in [0.15, 0.2) is 0 Å². The van der Waals surface area contributed by atoms with E-state index in [1.807, 2.05) is 6.07 Å². The van der Waals surface area contributed by atoms with Gasteiger partial charge >= 0.3 is 0 Å². The molecular weight excluding hydrogens is 350 g/mol. The normalized spacial score (nSPS) is 23.8. The van der Waals surface area contributed by atoms with Crippen molar-refractivity contribution in [3.05, 3.63) is 65.7 Å². The number of hydrogen-bond donors (Lipinski definition) is 0. The highest BCUT2D eigenvalue weighted by Gasteiger charge is 2.46. The molecule has 0 radical (unpaired) electrons. The molecule has 142 valence electrons. The zero-order chi connectivity index (χ0) is 18.9. The number of halogens is 2. The average molecular weight is 372 g/mol. The molecule has 6 heteroatoms. The minimum atomic E-state index is -0.320. The fourth-order valence-corrected chi connectivity index (χ4v) is 4.06. The van der Waals surface area contributed by atoms with Gasteiger partial charge in [0.1, 0.15) is 11.6 Å². The first-order chi connectivity index (χ1) is 13.0. The number of carbonyl (C=O) groups is 1. The van der Waals surface area contributed by atoms with Crippen LogP contribution in [0.3, 0.4) is 0 Å². The number of carbonyl (C=O) groups excluding carboxylic acids is 1. The highest BCUT2D eigenvalue weighted by Crippen LogP contribution is 2.37. The van der Waals surface area contributed by atoms with Crippen LogP contribution in [0.5, 0.6) is 0 Å². The minimum absolute atomic E-state index is 0.0258. The number of rotatable bonds is 3. The summed E-state index contributed by atoms with van der Waals surface area (Å²) in [5.74, 6) is -0.538. The quantitative estimate of drug-likeness (QED) is 0.829. The number of ether oxygens (including phenoxy) is 1. The summed E-state index contributed by atoms with van der Waals surface area (Å²) in [6.07, 6.45) is 0.393. The van der Waals surface area contributed by atoms with E-state index in [1.165, 1.54) is 18.2 Å². The van der Waals surface area contributed by atoms with Gasteiger partial charge in [0.2, 0.25) is 5.91 Å². The van der Waals surface area contributed by atoms with Gasteiger partial charge in [-0.3, -0.25) is 9.69 Å². The fraction of sp³-hybridized carbons (Fsp3) is 0.381. The van der Waals surface area contributed by atoms with Crippen LogP contribution in [0.25, 0.3) is 0 Å². The molecule has 0 N–H and O–H groups in total. The summed E-state index contributed by atoms with van der Waals surface area (Å²) in [5.41, 5.74) is 1.31. The minimum Gasteiger partial charge on any atom is -0.379 e. The highest BCUT2D eigenvalue weighted by molar-refractivity contribution is 5.96. The van der Waals surface area contributed by atoms with Gasteiger partial charge in [-0.2, -0.15) is 0 Å². The van der Waals surface area contributed by atoms with E-state index in [4.69, 9.17) is 4.74 Å². The number of anilines is 1. The summed E-state index contributed by atoms with van der Waals surface area (Å²) in [4.78, 5) is 16.6. The van der Waals surface area contributed by atoms with E-state index < -0.39 is 0 Å². The highest BCUT2D eigenvalue weighted by atomic mass is 19.1. The van der Waals surface area contributed by atoms with E-state index in [9.17, 15) is 13.6 Å². The van der Waals surface area contributed by atoms with E-state index in [2.05, 4.69) is 4.90 Å². The maximum atomic E-state index is 13.5. The standard InChI is InChI=1S/C21H22F2N2O2/c22-17-4-6-19(7-5-17)25-14-21(11-20(25)26)13-24(8-9-27-15-21)12-16-2-1-3-18(23)10-16/h1-7,10H,8-9,11-15H2/t21-/m1/s1. The Morgan fingerprint density at radius 2 is 1.85 bits per heavy atom. The first kappa shape index (κ1) is 18.1. The number of nitrogens with zero attached hydrogens (tertiary/aromatic N) is 2. The lowest BCUT2D eigenvalue weighted by molar-refractivity contribution is -0.118. The first-order valence-electron chi connectivity index (χ1n) is 9.14. The maximum Gasteiger partial charge on any atom is 0.227 e. The molecule has 0 bridgehead atoms. The molecule has 1 spiro atoms. The van der Waals surface area contributed by atoms with Crippen molar-refractivity contribution in [3.8, 4) is 0 Å². The molecule has 0 unspecified atom stereocenters. The maximum absolute atomic E-state index is 13.5. The summed E-state index contributed by atoms with van der Waals surface area (Å²) in [6, 6.07) is 12.6. The van der Waals surface area contributed by atoms with Gasteiger partial charge in [-0.15, -0.1) is 0 Å². The van der Waals surface area contributed by atoms with Gasteiger partial charge in [-0.25, -0.2) is 8.78 Å². The smallest absolute Gasteiger partial charge is 0.227 e. The lowest BCUT2D eigenvalue weighted by Crippen LogP contribution is -2.40. The van der Waals surface area contributed by atoms with Crippen molar-refractivity contribution in [1.82, 2.24) is 4.90 Å². The van der Waals surface area contributed by atoms with Gasteiger partial charge in [-0.05, 0) is 42.0 Å². The van der Waals surface area contributed by atoms with Crippen LogP contribution in [0.15, 0.2) is 48.5 Å². The van der Waals surface area contributed by atoms with Gasteiger partial charge < -0.3 is 9.64 Å². The molecule has 2 aromatic carbocycles. The Hall–Kier alpha value is -2.31. The third-order valence-corrected chi connectivity index (χ3v) is 5.27. The van der Waals surface area contributed by atoms with E-state index >= 15 is 0 Å². The average Bonchev–Trinajstić information content (AvgIpc) is 2.82. The van der Waals surface area contributed by atoms with Crippen LogP contribution in [0.4, 0.5) is 14.5 Å². The Morgan fingerprint density at radius 3 is 2.63 bits per heavy atom. The summed E-state index contributed by atoms with van der Waals surface area (Å²) in [6.45, 7) is 3.69. The van der Waals surface area contributed by atoms with Crippen LogP contribution in [0.2, 0.25) is 0 Å². The summed E-state index contributed by atoms with van der Waals surface area (Å²) in [5, 5.41) is 0. The van der Waals surface area contributed by atoms with Gasteiger partial charge in [-0.1, -0.05) is 12.1 Å². The van der Waals surface area contributed by atoms with Crippen LogP contribution >= 0.6 is 0 Å². The van der Waals surface area contributed by atoms with Crippen LogP contribution in [0, 0.1) is 17.0 Å². The third-order valence-electron chi connectivity index (χ3n) is 5.27. The van der Waals surface area contributed by atoms with Crippen molar-refractivity contribution in [2.45, 2.75) is 13.0 Å². The number of amides is 1. The third kappa shape index (κ3) is 4.01. The van der Waals surface area contributed by atoms with Crippen molar-refractivity contribution in [2.24, 2.45) is 5.41 Å². The molecule has 0 aromatic heterocycles. The molecule has 2 aliphatic rings. The van der Waals surface area contributed by atoms with Gasteiger partial charge in [0.25, 0.3) is 0 Å². The van der Waals surface area contributed by atoms with E-state index in [0.717, 1.165) is 12.1 Å². The topological polar surface area (TPSA) is 32.8 Å². The monoisotopic (exact) mass is 372 g/mol. The molecule has 2 saturated heterocycles. The molecule has 2 fully saturated rings. The first-order valence-corrected chi connectivity index (χ1v) is 9.14. The van der Waals surface area contributed by atoms with Crippen LogP contribution in [-0.4, -0.2) is 43.7 Å². The number of benzene rings is 2. The molecule has 2 aromatic rings. The van der Waals surface area contributed by atoms with E-state index in [1.54, 1.807) is 29.2 Å². The molecule has 2 aliphatic heterocycles. The lowest BCUT2D eigenvalue weighted by atomic mass is 9.87. The van der Waals surface area contributed by atoms with E-state index in [-0.39, 0.29) is 23.0 Å². The largest absolute Gasteiger partial charge is 0.379 e. The van der Waals surface area contributed by atoms with Crippen LogP contribution in [0.1, 0.15) is 12.0 Å². The molecule has 0 aliphatic carbocycles. The zero-order valence-electron chi connectivity index (χ0n) is 15.0. The molecular formula is C21H22F2N2O2. The molecule has 1 amide bonds. The van der Waals surface area contributed by atoms with Crippen LogP contribution in [-0.2, 0) is 16.1 Å². The Kier molecular flexibility index (Phi) is 4.93. The second-order valence-electron chi connectivity index (χ2n) is 7.53. The predicted octanol–water partition coefficient (Wildman–Crippen LogP) is 3.22. The Labute approximate surface area is 157 Å². The molecule has 4 nitrogen and oxygen atoms in total. The van der Waals surface area contributed by atoms with Crippen molar-refractivity contribution in [2.75, 3.05) is 37.7 Å². The van der Waals surface area contributed by atoms with Crippen molar-refractivity contribution in [3.63, 3.8) is 0 Å². The number of hydrogen-bond acceptors (Lipinski definition) is 3. The van der Waals surface area contributed by atoms with Crippen molar-refractivity contribution >= 4 is 11.6 Å². The Morgan fingerprint density at radius 1 is 1.04 bits per heavy atom. The van der Waals surface area contributed by atoms with Crippen molar-refractivity contribution < 1.29 is 18.3 Å². The Balaban J connectivity index is 1.51. The SMILES string of the molecule is O=C1C[C@]2(COCCN(Cc3cccc(F)c3)C2)CN1c1ccc(F)cc1. The summed E-state index contributed by atoms with van der Waals surface area (Å²) >= 11 is 0. The lowest BCUT2D eigenvalue weighted by Gasteiger charge is -2.31. The van der Waals surface area contributed by atoms with Gasteiger partial charge in [0, 0.05) is 43.7 Å². The van der Waals surface area contributed by atoms with Gasteiger partial charge in [0.05, 0.1) is 13.2 Å². The second kappa shape index (κ2) is 7.37. The van der Waals surface area contributed by atoms with Crippen LogP contribution < -0.4 is 4.90 Å². The molecule has 2 heterocycles. The zero-order valence-corrected chi connectivity index (χ0v) is 15.0. The van der Waals surface area contributed by atoms with Crippen molar-refractivity contribution in [1.29, 1.82) is 0 Å². The predicted molar refractivity (Wildman–Crippen MR) is 98.3 cm³/mol. The second-order valence-corrected chi connectivity index (χ2v) is 7.53. The molecule has 4 rings (SSSR count). The summed E-state index contributed by atoms with van der Waals surface area (Å²) in [7, 11) is 0. The fourth-order valence-electron chi connectivity index (χ4n) is 4.06. The summed E-state index contributed by atoms with van der Waals surface area (Å²) < 4.78 is 32.5. The molecule has 1 atom stereocenters. The molecule has 27 heavy (non-hydrogen) atoms. The molecule has 0 saturated carbocycles.